The average molecular weight is 511 g/mol. The maximum absolute atomic E-state index is 13.4. The molecule has 0 saturated heterocycles. The smallest absolute Gasteiger partial charge is 0.329 e. The molecule has 0 aromatic heterocycles. The SMILES string of the molecule is CC(C)C[C@H](NC(=O)C(Cc1ccc(C(C)C)cc1)C(=O)NOCc1ccccc1)C(=O)OC(C)(C)C. The van der Waals surface area contributed by atoms with Gasteiger partial charge >= 0.3 is 5.97 Å². The van der Waals surface area contributed by atoms with Gasteiger partial charge in [0.2, 0.25) is 5.91 Å². The minimum atomic E-state index is -1.10. The number of amides is 2. The van der Waals surface area contributed by atoms with E-state index in [0.29, 0.717) is 12.3 Å². The van der Waals surface area contributed by atoms with Crippen LogP contribution in [-0.2, 0) is 37.0 Å². The maximum atomic E-state index is 13.4. The van der Waals surface area contributed by atoms with E-state index in [0.717, 1.165) is 11.1 Å². The highest BCUT2D eigenvalue weighted by Crippen LogP contribution is 2.18. The van der Waals surface area contributed by atoms with E-state index in [1.807, 2.05) is 68.4 Å². The second-order valence-electron chi connectivity index (χ2n) is 11.1. The molecular formula is C30H42N2O5. The first-order valence-electron chi connectivity index (χ1n) is 12.9. The van der Waals surface area contributed by atoms with Crippen molar-refractivity contribution in [2.45, 2.75) is 85.5 Å². The Morgan fingerprint density at radius 3 is 2.00 bits per heavy atom. The zero-order chi connectivity index (χ0) is 27.6. The van der Waals surface area contributed by atoms with Crippen LogP contribution < -0.4 is 10.8 Å². The van der Waals surface area contributed by atoms with Crippen LogP contribution in [0.4, 0.5) is 0 Å². The van der Waals surface area contributed by atoms with Crippen molar-refractivity contribution in [3.8, 4) is 0 Å². The third-order valence-electron chi connectivity index (χ3n) is 5.69. The van der Waals surface area contributed by atoms with Crippen molar-refractivity contribution in [2.24, 2.45) is 11.8 Å². The molecular weight excluding hydrogens is 468 g/mol. The summed E-state index contributed by atoms with van der Waals surface area (Å²) in [7, 11) is 0. The van der Waals surface area contributed by atoms with Gasteiger partial charge in [-0.2, -0.15) is 0 Å². The number of hydrogen-bond acceptors (Lipinski definition) is 5. The van der Waals surface area contributed by atoms with Gasteiger partial charge in [-0.15, -0.1) is 0 Å². The van der Waals surface area contributed by atoms with Crippen LogP contribution in [0, 0.1) is 11.8 Å². The fraction of sp³-hybridized carbons (Fsp3) is 0.500. The molecule has 2 aromatic carbocycles. The van der Waals surface area contributed by atoms with E-state index in [4.69, 9.17) is 9.57 Å². The minimum Gasteiger partial charge on any atom is -0.458 e. The van der Waals surface area contributed by atoms with Crippen molar-refractivity contribution in [3.63, 3.8) is 0 Å². The number of carbonyl (C=O) groups excluding carboxylic acids is 3. The van der Waals surface area contributed by atoms with Crippen molar-refractivity contribution < 1.29 is 24.0 Å². The number of esters is 1. The Labute approximate surface area is 221 Å². The standard InChI is InChI=1S/C30H42N2O5/c1-20(2)17-26(29(35)37-30(5,6)7)31-27(33)25(18-22-13-15-24(16-14-22)21(3)4)28(34)32-36-19-23-11-9-8-10-12-23/h8-16,20-21,25-26H,17-19H2,1-7H3,(H,31,33)(H,32,34)/t25?,26-/m0/s1. The first-order chi connectivity index (χ1) is 17.4. The predicted molar refractivity (Wildman–Crippen MR) is 144 cm³/mol. The van der Waals surface area contributed by atoms with Gasteiger partial charge in [-0.25, -0.2) is 10.3 Å². The normalized spacial score (nSPS) is 13.2. The molecule has 0 aliphatic carbocycles. The molecule has 0 aliphatic heterocycles. The Balaban J connectivity index is 2.20. The molecule has 0 fully saturated rings. The fourth-order valence-electron chi connectivity index (χ4n) is 3.75. The molecule has 1 unspecified atom stereocenters. The highest BCUT2D eigenvalue weighted by atomic mass is 16.6. The molecule has 7 nitrogen and oxygen atoms in total. The quantitative estimate of drug-likeness (QED) is 0.236. The predicted octanol–water partition coefficient (Wildman–Crippen LogP) is 5.09. The van der Waals surface area contributed by atoms with Crippen molar-refractivity contribution >= 4 is 17.8 Å². The Morgan fingerprint density at radius 1 is 0.838 bits per heavy atom. The monoisotopic (exact) mass is 510 g/mol. The summed E-state index contributed by atoms with van der Waals surface area (Å²) in [6.07, 6.45) is 0.552. The van der Waals surface area contributed by atoms with Gasteiger partial charge < -0.3 is 10.1 Å². The molecule has 7 heteroatoms. The number of rotatable bonds is 12. The van der Waals surface area contributed by atoms with Crippen LogP contribution in [0.15, 0.2) is 54.6 Å². The lowest BCUT2D eigenvalue weighted by Crippen LogP contribution is -2.50. The Morgan fingerprint density at radius 2 is 1.46 bits per heavy atom. The molecule has 2 amide bonds. The molecule has 2 aromatic rings. The second-order valence-corrected chi connectivity index (χ2v) is 11.1. The number of carbonyl (C=O) groups is 3. The third kappa shape index (κ3) is 10.8. The van der Waals surface area contributed by atoms with Crippen molar-refractivity contribution in [3.05, 3.63) is 71.3 Å². The molecule has 2 atom stereocenters. The number of hydrogen-bond donors (Lipinski definition) is 2. The van der Waals surface area contributed by atoms with E-state index >= 15 is 0 Å². The Bertz CT molecular complexity index is 1010. The van der Waals surface area contributed by atoms with Crippen LogP contribution in [0.1, 0.15) is 77.5 Å². The highest BCUT2D eigenvalue weighted by molar-refractivity contribution is 6.01. The van der Waals surface area contributed by atoms with Gasteiger partial charge in [0.25, 0.3) is 5.91 Å². The Hall–Kier alpha value is -3.19. The summed E-state index contributed by atoms with van der Waals surface area (Å²) in [6.45, 7) is 13.6. The highest BCUT2D eigenvalue weighted by Gasteiger charge is 2.33. The lowest BCUT2D eigenvalue weighted by atomic mass is 9.94. The van der Waals surface area contributed by atoms with E-state index in [1.54, 1.807) is 20.8 Å². The topological polar surface area (TPSA) is 93.7 Å². The lowest BCUT2D eigenvalue weighted by molar-refractivity contribution is -0.160. The second kappa shape index (κ2) is 13.9. The minimum absolute atomic E-state index is 0.128. The average Bonchev–Trinajstić information content (AvgIpc) is 2.81. The van der Waals surface area contributed by atoms with Gasteiger partial charge in [0, 0.05) is 0 Å². The van der Waals surface area contributed by atoms with Crippen LogP contribution in [0.3, 0.4) is 0 Å². The molecule has 37 heavy (non-hydrogen) atoms. The van der Waals surface area contributed by atoms with E-state index in [2.05, 4.69) is 24.6 Å². The third-order valence-corrected chi connectivity index (χ3v) is 5.69. The fourth-order valence-corrected chi connectivity index (χ4v) is 3.75. The summed E-state index contributed by atoms with van der Waals surface area (Å²) in [4.78, 5) is 44.8. The molecule has 2 N–H and O–H groups in total. The van der Waals surface area contributed by atoms with Crippen LogP contribution in [-0.4, -0.2) is 29.4 Å². The van der Waals surface area contributed by atoms with Gasteiger partial charge in [-0.3, -0.25) is 14.4 Å². The number of ether oxygens (including phenoxy) is 1. The van der Waals surface area contributed by atoms with Gasteiger partial charge in [0.15, 0.2) is 0 Å². The largest absolute Gasteiger partial charge is 0.458 e. The van der Waals surface area contributed by atoms with Gasteiger partial charge in [-0.1, -0.05) is 82.3 Å². The van der Waals surface area contributed by atoms with Crippen molar-refractivity contribution in [2.75, 3.05) is 0 Å². The summed E-state index contributed by atoms with van der Waals surface area (Å²) in [5.74, 6) is -2.25. The summed E-state index contributed by atoms with van der Waals surface area (Å²) in [5.41, 5.74) is 4.62. The summed E-state index contributed by atoms with van der Waals surface area (Å²) in [5, 5.41) is 2.78. The van der Waals surface area contributed by atoms with E-state index in [1.165, 1.54) is 5.56 Å². The van der Waals surface area contributed by atoms with Gasteiger partial charge in [0.1, 0.15) is 17.6 Å². The van der Waals surface area contributed by atoms with Crippen molar-refractivity contribution in [1.82, 2.24) is 10.8 Å². The zero-order valence-corrected chi connectivity index (χ0v) is 23.2. The van der Waals surface area contributed by atoms with Gasteiger partial charge in [-0.05, 0) is 62.1 Å². The molecule has 0 spiro atoms. The molecule has 0 aliphatic rings. The van der Waals surface area contributed by atoms with E-state index in [-0.39, 0.29) is 18.9 Å². The molecule has 2 rings (SSSR count). The Kier molecular flexibility index (Phi) is 11.3. The molecule has 0 bridgehead atoms. The van der Waals surface area contributed by atoms with Crippen LogP contribution >= 0.6 is 0 Å². The summed E-state index contributed by atoms with van der Waals surface area (Å²) >= 11 is 0. The van der Waals surface area contributed by atoms with Crippen molar-refractivity contribution in [1.29, 1.82) is 0 Å². The van der Waals surface area contributed by atoms with Crippen LogP contribution in [0.5, 0.6) is 0 Å². The maximum Gasteiger partial charge on any atom is 0.329 e. The lowest BCUT2D eigenvalue weighted by Gasteiger charge is -2.26. The molecule has 0 saturated carbocycles. The van der Waals surface area contributed by atoms with E-state index in [9.17, 15) is 14.4 Å². The molecule has 0 radical (unpaired) electrons. The summed E-state index contributed by atoms with van der Waals surface area (Å²) < 4.78 is 5.53. The number of nitrogens with one attached hydrogen (secondary N) is 2. The first-order valence-corrected chi connectivity index (χ1v) is 12.9. The summed E-state index contributed by atoms with van der Waals surface area (Å²) in [6, 6.07) is 16.4. The van der Waals surface area contributed by atoms with Crippen LogP contribution in [0.25, 0.3) is 0 Å². The van der Waals surface area contributed by atoms with Crippen LogP contribution in [0.2, 0.25) is 0 Å². The van der Waals surface area contributed by atoms with E-state index < -0.39 is 35.3 Å². The first kappa shape index (κ1) is 30.0. The zero-order valence-electron chi connectivity index (χ0n) is 23.2. The number of benzene rings is 2. The number of hydroxylamine groups is 1. The molecule has 0 heterocycles. The molecule has 202 valence electrons. The van der Waals surface area contributed by atoms with Gasteiger partial charge in [0.05, 0.1) is 6.61 Å².